The van der Waals surface area contributed by atoms with Gasteiger partial charge < -0.3 is 10.4 Å². The average molecular weight is 550 g/mol. The Bertz CT molecular complexity index is 759. The molecule has 0 bridgehead atoms. The van der Waals surface area contributed by atoms with Crippen LogP contribution in [0.25, 0.3) is 0 Å². The van der Waals surface area contributed by atoms with Crippen molar-refractivity contribution in [2.75, 3.05) is 6.54 Å². The van der Waals surface area contributed by atoms with Crippen LogP contribution >= 0.6 is 45.2 Å². The van der Waals surface area contributed by atoms with E-state index in [0.717, 1.165) is 5.56 Å². The van der Waals surface area contributed by atoms with Gasteiger partial charge in [0, 0.05) is 18.0 Å². The van der Waals surface area contributed by atoms with E-state index in [-0.39, 0.29) is 18.2 Å². The summed E-state index contributed by atoms with van der Waals surface area (Å²) in [6, 6.07) is 6.58. The van der Waals surface area contributed by atoms with Crippen molar-refractivity contribution in [1.29, 1.82) is 0 Å². The topological polar surface area (TPSA) is 104 Å². The van der Waals surface area contributed by atoms with Crippen molar-refractivity contribution in [1.82, 2.24) is 15.7 Å². The van der Waals surface area contributed by atoms with Crippen LogP contribution in [0.4, 0.5) is 0 Å². The number of benzene rings is 1. The molecule has 1 aromatic carbocycles. The van der Waals surface area contributed by atoms with Crippen molar-refractivity contribution in [3.8, 4) is 5.75 Å². The van der Waals surface area contributed by atoms with Crippen molar-refractivity contribution >= 4 is 63.2 Å². The van der Waals surface area contributed by atoms with Gasteiger partial charge in [0.25, 0.3) is 11.8 Å². The Hall–Kier alpha value is -1.76. The number of carbonyl (C=O) groups is 2. The Labute approximate surface area is 165 Å². The van der Waals surface area contributed by atoms with Crippen molar-refractivity contribution in [3.05, 3.63) is 54.9 Å². The molecule has 0 atom stereocenters. The minimum atomic E-state index is -0.447. The van der Waals surface area contributed by atoms with E-state index in [1.54, 1.807) is 24.3 Å². The molecule has 124 valence electrons. The van der Waals surface area contributed by atoms with Gasteiger partial charge in [0.1, 0.15) is 5.75 Å². The molecule has 0 saturated heterocycles. The first-order chi connectivity index (χ1) is 11.5. The minimum absolute atomic E-state index is 0.191. The van der Waals surface area contributed by atoms with Gasteiger partial charge in [0.15, 0.2) is 0 Å². The zero-order chi connectivity index (χ0) is 17.5. The molecular weight excluding hydrogens is 538 g/mol. The predicted molar refractivity (Wildman–Crippen MR) is 106 cm³/mol. The predicted octanol–water partition coefficient (Wildman–Crippen LogP) is 1.88. The molecule has 7 nitrogen and oxygen atoms in total. The number of aromatic nitrogens is 1. The molecule has 1 aromatic heterocycles. The second-order valence-corrected chi connectivity index (χ2v) is 6.87. The second kappa shape index (κ2) is 8.92. The van der Waals surface area contributed by atoms with Crippen LogP contribution in [-0.2, 0) is 4.79 Å². The summed E-state index contributed by atoms with van der Waals surface area (Å²) in [5.41, 5.74) is 3.49. The summed E-state index contributed by atoms with van der Waals surface area (Å²) in [4.78, 5) is 27.2. The zero-order valence-electron chi connectivity index (χ0n) is 12.2. The van der Waals surface area contributed by atoms with Crippen LogP contribution in [0, 0.1) is 7.14 Å². The van der Waals surface area contributed by atoms with Crippen LogP contribution in [-0.4, -0.2) is 34.7 Å². The minimum Gasteiger partial charge on any atom is -0.506 e. The Morgan fingerprint density at radius 3 is 2.46 bits per heavy atom. The van der Waals surface area contributed by atoms with E-state index in [1.165, 1.54) is 18.6 Å². The maximum atomic E-state index is 11.8. The monoisotopic (exact) mass is 550 g/mol. The number of rotatable bonds is 5. The third-order valence-corrected chi connectivity index (χ3v) is 4.44. The lowest BCUT2D eigenvalue weighted by molar-refractivity contribution is -0.120. The van der Waals surface area contributed by atoms with Crippen LogP contribution in [0.5, 0.6) is 5.75 Å². The molecule has 0 aliphatic carbocycles. The molecule has 0 fully saturated rings. The van der Waals surface area contributed by atoms with Gasteiger partial charge in [-0.15, -0.1) is 0 Å². The number of amides is 2. The van der Waals surface area contributed by atoms with Gasteiger partial charge in [-0.25, -0.2) is 5.43 Å². The number of nitrogens with one attached hydrogen (secondary N) is 2. The molecule has 0 aliphatic rings. The number of phenolic OH excluding ortho intramolecular Hbond substituents is 1. The summed E-state index contributed by atoms with van der Waals surface area (Å²) in [5, 5.41) is 16.0. The van der Waals surface area contributed by atoms with E-state index in [4.69, 9.17) is 0 Å². The normalized spacial score (nSPS) is 10.6. The molecule has 0 unspecified atom stereocenters. The fourth-order valence-corrected chi connectivity index (χ4v) is 3.46. The van der Waals surface area contributed by atoms with Crippen LogP contribution in [0.3, 0.4) is 0 Å². The van der Waals surface area contributed by atoms with Crippen molar-refractivity contribution in [2.45, 2.75) is 0 Å². The summed E-state index contributed by atoms with van der Waals surface area (Å²) in [7, 11) is 0. The van der Waals surface area contributed by atoms with E-state index >= 15 is 0 Å². The summed E-state index contributed by atoms with van der Waals surface area (Å²) in [6.45, 7) is -0.191. The SMILES string of the molecule is O=C(CNC(=O)c1ccncc1)N/N=C/c1cc(I)c(O)c(I)c1. The highest BCUT2D eigenvalue weighted by Crippen LogP contribution is 2.26. The first kappa shape index (κ1) is 18.6. The smallest absolute Gasteiger partial charge is 0.259 e. The van der Waals surface area contributed by atoms with Crippen molar-refractivity contribution in [3.63, 3.8) is 0 Å². The van der Waals surface area contributed by atoms with Crippen molar-refractivity contribution in [2.24, 2.45) is 5.10 Å². The highest BCUT2D eigenvalue weighted by Gasteiger charge is 2.07. The van der Waals surface area contributed by atoms with Gasteiger partial charge in [-0.05, 0) is 75.0 Å². The van der Waals surface area contributed by atoms with E-state index in [9.17, 15) is 14.7 Å². The molecule has 0 radical (unpaired) electrons. The molecule has 0 spiro atoms. The summed E-state index contributed by atoms with van der Waals surface area (Å²) in [5.74, 6) is -0.591. The van der Waals surface area contributed by atoms with Crippen LogP contribution < -0.4 is 10.7 Å². The fraction of sp³-hybridized carbons (Fsp3) is 0.0667. The maximum absolute atomic E-state index is 11.8. The number of phenols is 1. The Morgan fingerprint density at radius 2 is 1.83 bits per heavy atom. The number of hydrazone groups is 1. The molecular formula is C15H12I2N4O3. The van der Waals surface area contributed by atoms with E-state index in [0.29, 0.717) is 12.7 Å². The standard InChI is InChI=1S/C15H12I2N4O3/c16-11-5-9(6-12(17)14(11)23)7-20-21-13(22)8-19-15(24)10-1-3-18-4-2-10/h1-7,23H,8H2,(H,19,24)(H,21,22)/b20-7+. The quantitative estimate of drug-likeness (QED) is 0.301. The molecule has 2 aromatic rings. The van der Waals surface area contributed by atoms with Crippen LogP contribution in [0.2, 0.25) is 0 Å². The molecule has 0 aliphatic heterocycles. The molecule has 2 rings (SSSR count). The molecule has 9 heteroatoms. The lowest BCUT2D eigenvalue weighted by Crippen LogP contribution is -2.34. The third-order valence-electron chi connectivity index (χ3n) is 2.79. The van der Waals surface area contributed by atoms with E-state index in [2.05, 4.69) is 20.8 Å². The molecule has 3 N–H and O–H groups in total. The van der Waals surface area contributed by atoms with Gasteiger partial charge in [0.2, 0.25) is 0 Å². The Kier molecular flexibility index (Phi) is 6.90. The van der Waals surface area contributed by atoms with E-state index in [1.807, 2.05) is 45.2 Å². The molecule has 0 saturated carbocycles. The first-order valence-corrected chi connectivity index (χ1v) is 8.81. The lowest BCUT2D eigenvalue weighted by Gasteiger charge is -2.04. The largest absolute Gasteiger partial charge is 0.506 e. The summed E-state index contributed by atoms with van der Waals surface area (Å²) < 4.78 is 1.38. The number of pyridine rings is 1. The summed E-state index contributed by atoms with van der Waals surface area (Å²) >= 11 is 4.02. The highest BCUT2D eigenvalue weighted by atomic mass is 127. The molecule has 24 heavy (non-hydrogen) atoms. The van der Waals surface area contributed by atoms with Crippen molar-refractivity contribution < 1.29 is 14.7 Å². The maximum Gasteiger partial charge on any atom is 0.259 e. The van der Waals surface area contributed by atoms with Gasteiger partial charge in [-0.2, -0.15) is 5.10 Å². The molecule has 2 amide bonds. The Morgan fingerprint density at radius 1 is 1.21 bits per heavy atom. The highest BCUT2D eigenvalue weighted by molar-refractivity contribution is 14.1. The lowest BCUT2D eigenvalue weighted by atomic mass is 10.2. The summed E-state index contributed by atoms with van der Waals surface area (Å²) in [6.07, 6.45) is 4.46. The fourth-order valence-electron chi connectivity index (χ4n) is 1.64. The average Bonchev–Trinajstić information content (AvgIpc) is 2.58. The third kappa shape index (κ3) is 5.40. The number of carbonyl (C=O) groups excluding carboxylic acids is 2. The van der Waals surface area contributed by atoms with Crippen LogP contribution in [0.1, 0.15) is 15.9 Å². The number of hydrogen-bond donors (Lipinski definition) is 3. The molecule has 1 heterocycles. The number of hydrogen-bond acceptors (Lipinski definition) is 5. The number of halogens is 2. The zero-order valence-corrected chi connectivity index (χ0v) is 16.5. The number of nitrogens with zero attached hydrogens (tertiary/aromatic N) is 2. The van der Waals surface area contributed by atoms with E-state index < -0.39 is 5.91 Å². The number of aromatic hydroxyl groups is 1. The van der Waals surface area contributed by atoms with Gasteiger partial charge in [-0.1, -0.05) is 0 Å². The second-order valence-electron chi connectivity index (χ2n) is 4.54. The van der Waals surface area contributed by atoms with Gasteiger partial charge in [-0.3, -0.25) is 14.6 Å². The van der Waals surface area contributed by atoms with Gasteiger partial charge in [0.05, 0.1) is 19.9 Å². The Balaban J connectivity index is 1.84. The van der Waals surface area contributed by atoms with Gasteiger partial charge >= 0.3 is 0 Å². The first-order valence-electron chi connectivity index (χ1n) is 6.65. The van der Waals surface area contributed by atoms with Crippen LogP contribution in [0.15, 0.2) is 41.8 Å².